The fraction of sp³-hybridized carbons (Fsp3) is 0.889. The zero-order valence-electron chi connectivity index (χ0n) is 36.4. The molecule has 5 N–H and O–H groups in total. The molecule has 3 aliphatic carbocycles. The number of nitrogens with one attached hydrogen (secondary N) is 3. The fourth-order valence-electron chi connectivity index (χ4n) is 9.88. The van der Waals surface area contributed by atoms with Crippen LogP contribution in [0.15, 0.2) is 0 Å². The van der Waals surface area contributed by atoms with E-state index in [2.05, 4.69) is 47.5 Å². The molecule has 0 aromatic heterocycles. The van der Waals surface area contributed by atoms with Crippen LogP contribution in [0.2, 0.25) is 0 Å². The van der Waals surface area contributed by atoms with Crippen LogP contribution in [0, 0.1) is 41.4 Å². The first kappa shape index (κ1) is 47.9. The zero-order valence-corrected chi connectivity index (χ0v) is 36.4. The molecule has 0 bridgehead atoms. The minimum atomic E-state index is -0.708. The molecule has 332 valence electrons. The van der Waals surface area contributed by atoms with Crippen molar-refractivity contribution in [3.8, 4) is 12.3 Å². The van der Waals surface area contributed by atoms with Crippen molar-refractivity contribution in [2.45, 2.75) is 180 Å². The number of hydrogen-bond acceptors (Lipinski definition) is 10. The summed E-state index contributed by atoms with van der Waals surface area (Å²) < 4.78 is 23.1. The summed E-state index contributed by atoms with van der Waals surface area (Å²) in [5, 5.41) is 9.60. The van der Waals surface area contributed by atoms with Crippen molar-refractivity contribution in [3.63, 3.8) is 0 Å². The van der Waals surface area contributed by atoms with E-state index in [9.17, 15) is 14.4 Å². The van der Waals surface area contributed by atoms with Gasteiger partial charge in [0.2, 0.25) is 0 Å². The topological polar surface area (TPSA) is 162 Å². The second kappa shape index (κ2) is 25.7. The van der Waals surface area contributed by atoms with Crippen LogP contribution in [0.5, 0.6) is 0 Å². The predicted octanol–water partition coefficient (Wildman–Crippen LogP) is 7.85. The second-order valence-corrected chi connectivity index (χ2v) is 18.1. The van der Waals surface area contributed by atoms with Crippen LogP contribution in [0.4, 0.5) is 14.4 Å². The number of carbonyl (C=O) groups is 3. The SMILES string of the molecule is C#CCOCC(CC)(COC(=O)NC1CCC(CC2CCC(NC(=O)ON)CC2)CC1)COC(=O)N1C(C)C1CCC(CC)CC1CCC(NCCOCCC)CC1. The third kappa shape index (κ3) is 16.3. The quantitative estimate of drug-likeness (QED) is 0.0327. The maximum Gasteiger partial charge on any atom is 0.426 e. The van der Waals surface area contributed by atoms with Crippen molar-refractivity contribution < 1.29 is 38.2 Å². The molecule has 4 aliphatic rings. The molecule has 4 fully saturated rings. The van der Waals surface area contributed by atoms with Gasteiger partial charge < -0.3 is 39.7 Å². The lowest BCUT2D eigenvalue weighted by atomic mass is 9.76. The Bertz CT molecular complexity index is 1240. The molecule has 3 amide bonds. The third-order valence-corrected chi connectivity index (χ3v) is 13.9. The first-order valence-electron chi connectivity index (χ1n) is 23.0. The molecule has 3 saturated carbocycles. The van der Waals surface area contributed by atoms with Crippen molar-refractivity contribution in [1.82, 2.24) is 20.9 Å². The van der Waals surface area contributed by atoms with Crippen LogP contribution in [0.1, 0.15) is 150 Å². The van der Waals surface area contributed by atoms with E-state index in [4.69, 9.17) is 31.3 Å². The second-order valence-electron chi connectivity index (χ2n) is 18.1. The third-order valence-electron chi connectivity index (χ3n) is 13.9. The van der Waals surface area contributed by atoms with Crippen LogP contribution >= 0.6 is 0 Å². The standard InChI is InChI=1S/C45H79N5O8/c1-6-25-54-27-24-47-38-17-10-35(11-18-38)28-34(8-3)16-23-41-33(5)50(41)44(53)57-32-45(9-4,30-55-26-7-2)31-56-42(51)48-39-19-12-36(13-20-39)29-37-14-21-40(22-15-37)49-43(52)58-46/h2,33-41,47H,6,8-32,46H2,1,3-5H3,(H,48,51)(H,49,52). The highest BCUT2D eigenvalue weighted by molar-refractivity contribution is 5.72. The maximum atomic E-state index is 13.4. The minimum Gasteiger partial charge on any atom is -0.449 e. The molecular weight excluding hydrogens is 739 g/mol. The van der Waals surface area contributed by atoms with Gasteiger partial charge in [0.1, 0.15) is 19.8 Å². The van der Waals surface area contributed by atoms with Gasteiger partial charge in [0.25, 0.3) is 0 Å². The zero-order chi connectivity index (χ0) is 41.8. The van der Waals surface area contributed by atoms with E-state index in [-0.39, 0.29) is 56.7 Å². The summed E-state index contributed by atoms with van der Waals surface area (Å²) in [6.07, 6.45) is 24.7. The van der Waals surface area contributed by atoms with E-state index < -0.39 is 17.6 Å². The lowest BCUT2D eigenvalue weighted by molar-refractivity contribution is -0.0345. The Morgan fingerprint density at radius 3 is 1.98 bits per heavy atom. The van der Waals surface area contributed by atoms with E-state index in [1.165, 1.54) is 44.9 Å². The summed E-state index contributed by atoms with van der Waals surface area (Å²) >= 11 is 0. The first-order chi connectivity index (χ1) is 28.1. The molecule has 4 atom stereocenters. The Balaban J connectivity index is 1.14. The predicted molar refractivity (Wildman–Crippen MR) is 226 cm³/mol. The lowest BCUT2D eigenvalue weighted by Gasteiger charge is -2.34. The number of ether oxygens (including phenoxy) is 4. The van der Waals surface area contributed by atoms with Crippen molar-refractivity contribution >= 4 is 18.3 Å². The van der Waals surface area contributed by atoms with Crippen LogP contribution in [0.3, 0.4) is 0 Å². The smallest absolute Gasteiger partial charge is 0.426 e. The van der Waals surface area contributed by atoms with Gasteiger partial charge in [-0.3, -0.25) is 4.90 Å². The molecule has 4 rings (SSSR count). The molecule has 4 unspecified atom stereocenters. The molecular formula is C45H79N5O8. The minimum absolute atomic E-state index is 0.0611. The molecule has 13 heteroatoms. The highest BCUT2D eigenvalue weighted by Crippen LogP contribution is 2.38. The molecule has 0 spiro atoms. The van der Waals surface area contributed by atoms with E-state index in [0.29, 0.717) is 30.2 Å². The molecule has 1 aliphatic heterocycles. The number of rotatable bonds is 24. The van der Waals surface area contributed by atoms with Gasteiger partial charge >= 0.3 is 18.3 Å². The van der Waals surface area contributed by atoms with Gasteiger partial charge in [-0.2, -0.15) is 5.90 Å². The van der Waals surface area contributed by atoms with Gasteiger partial charge in [0.15, 0.2) is 0 Å². The molecule has 1 saturated heterocycles. The summed E-state index contributed by atoms with van der Waals surface area (Å²) in [5.41, 5.74) is -0.708. The average Bonchev–Trinajstić information content (AvgIpc) is 3.90. The Kier molecular flexibility index (Phi) is 21.3. The number of amides is 3. The van der Waals surface area contributed by atoms with Crippen LogP contribution in [0.25, 0.3) is 0 Å². The normalized spacial score (nSPS) is 28.7. The van der Waals surface area contributed by atoms with E-state index in [0.717, 1.165) is 96.3 Å². The Labute approximate surface area is 350 Å². The van der Waals surface area contributed by atoms with Crippen molar-refractivity contribution in [2.24, 2.45) is 35.0 Å². The van der Waals surface area contributed by atoms with Gasteiger partial charge in [0.05, 0.1) is 30.7 Å². The van der Waals surface area contributed by atoms with Gasteiger partial charge in [-0.25, -0.2) is 14.4 Å². The van der Waals surface area contributed by atoms with E-state index >= 15 is 0 Å². The molecule has 0 aromatic rings. The van der Waals surface area contributed by atoms with Crippen LogP contribution in [-0.2, 0) is 23.8 Å². The average molecular weight is 818 g/mol. The number of nitrogens with zero attached hydrogens (tertiary/aromatic N) is 1. The number of nitrogens with two attached hydrogens (primary N) is 1. The van der Waals surface area contributed by atoms with E-state index in [1.807, 2.05) is 11.8 Å². The highest BCUT2D eigenvalue weighted by atomic mass is 16.7. The molecule has 0 radical (unpaired) electrons. The van der Waals surface area contributed by atoms with Crippen LogP contribution in [-0.4, -0.2) is 99.6 Å². The van der Waals surface area contributed by atoms with Crippen LogP contribution < -0.4 is 21.8 Å². The van der Waals surface area contributed by atoms with Gasteiger partial charge in [-0.05, 0) is 146 Å². The molecule has 13 nitrogen and oxygen atoms in total. The van der Waals surface area contributed by atoms with Crippen molar-refractivity contribution in [3.05, 3.63) is 0 Å². The molecule has 0 aromatic carbocycles. The number of hydrogen-bond donors (Lipinski definition) is 4. The van der Waals surface area contributed by atoms with Gasteiger partial charge in [0, 0.05) is 31.3 Å². The number of terminal acetylenes is 1. The Morgan fingerprint density at radius 2 is 1.40 bits per heavy atom. The number of carbonyl (C=O) groups excluding carboxylic acids is 3. The summed E-state index contributed by atoms with van der Waals surface area (Å²) in [5.74, 6) is 10.2. The van der Waals surface area contributed by atoms with E-state index in [1.54, 1.807) is 0 Å². The summed E-state index contributed by atoms with van der Waals surface area (Å²) in [7, 11) is 0. The molecule has 58 heavy (non-hydrogen) atoms. The molecule has 1 heterocycles. The van der Waals surface area contributed by atoms with Gasteiger partial charge in [-0.1, -0.05) is 33.1 Å². The highest BCUT2D eigenvalue weighted by Gasteiger charge is 2.49. The summed E-state index contributed by atoms with van der Waals surface area (Å²) in [6.45, 7) is 11.6. The summed E-state index contributed by atoms with van der Waals surface area (Å²) in [4.78, 5) is 44.0. The van der Waals surface area contributed by atoms with Gasteiger partial charge in [-0.15, -0.1) is 6.42 Å². The lowest BCUT2D eigenvalue weighted by Crippen LogP contribution is -2.43. The fourth-order valence-corrected chi connectivity index (χ4v) is 9.88. The number of alkyl carbamates (subject to hydrolysis) is 1. The van der Waals surface area contributed by atoms with Crippen molar-refractivity contribution in [1.29, 1.82) is 0 Å². The monoisotopic (exact) mass is 818 g/mol. The van der Waals surface area contributed by atoms with Crippen molar-refractivity contribution in [2.75, 3.05) is 46.2 Å². The Hall–Kier alpha value is -2.79. The first-order valence-corrected chi connectivity index (χ1v) is 23.0. The Morgan fingerprint density at radius 1 is 0.793 bits per heavy atom. The largest absolute Gasteiger partial charge is 0.449 e. The summed E-state index contributed by atoms with van der Waals surface area (Å²) in [6, 6.07) is 1.18. The maximum absolute atomic E-state index is 13.4.